The highest BCUT2D eigenvalue weighted by Crippen LogP contribution is 2.39. The molecule has 0 atom stereocenters. The van der Waals surface area contributed by atoms with Crippen molar-refractivity contribution in [2.24, 2.45) is 0 Å². The number of methoxy groups -OCH3 is 2. The number of hydrogen-bond acceptors (Lipinski definition) is 6. The molecule has 1 N–H and O–H groups in total. The maximum Gasteiger partial charge on any atom is 0.258 e. The number of amides is 1. The number of hydrogen-bond donors (Lipinski definition) is 1. The first-order chi connectivity index (χ1) is 17.9. The predicted octanol–water partition coefficient (Wildman–Crippen LogP) is 5.54. The first-order valence-electron chi connectivity index (χ1n) is 13.4. The normalized spacial score (nSPS) is 14.1. The molecule has 7 heteroatoms. The molecule has 3 rings (SSSR count). The van der Waals surface area contributed by atoms with Crippen LogP contribution >= 0.6 is 0 Å². The highest BCUT2D eigenvalue weighted by Gasteiger charge is 2.19. The van der Waals surface area contributed by atoms with Gasteiger partial charge in [-0.3, -0.25) is 10.2 Å². The third-order valence-electron chi connectivity index (χ3n) is 6.81. The number of piperazine rings is 1. The number of unbranched alkanes of at least 4 members (excludes halogenated alkanes) is 4. The highest BCUT2D eigenvalue weighted by atomic mass is 16.5. The standard InChI is InChI=1S/C30H43N3O4/c1-6-7-8-9-10-19-37-30-27(35-4)21-25(22-28(30)36-5)12-14-29(34)31-33-17-15-32(16-18-33)26-13-11-23(2)24(3)20-26/h11-14,20-22H,6-10,15-19H2,1-5H3,(H,31,34)/b14-12+. The van der Waals surface area contributed by atoms with E-state index in [1.54, 1.807) is 20.3 Å². The number of carbonyl (C=O) groups is 1. The van der Waals surface area contributed by atoms with Crippen molar-refractivity contribution in [3.05, 3.63) is 53.1 Å². The van der Waals surface area contributed by atoms with Crippen LogP contribution in [-0.2, 0) is 4.79 Å². The van der Waals surface area contributed by atoms with Gasteiger partial charge in [-0.25, -0.2) is 5.01 Å². The van der Waals surface area contributed by atoms with Crippen molar-refractivity contribution in [2.45, 2.75) is 52.9 Å². The maximum absolute atomic E-state index is 12.6. The zero-order valence-corrected chi connectivity index (χ0v) is 23.1. The van der Waals surface area contributed by atoms with Gasteiger partial charge in [0.25, 0.3) is 5.91 Å². The molecule has 202 valence electrons. The molecule has 1 aliphatic rings. The minimum Gasteiger partial charge on any atom is -0.493 e. The smallest absolute Gasteiger partial charge is 0.258 e. The average molecular weight is 510 g/mol. The fraction of sp³-hybridized carbons (Fsp3) is 0.500. The number of ether oxygens (including phenoxy) is 3. The summed E-state index contributed by atoms with van der Waals surface area (Å²) in [6.07, 6.45) is 9.15. The second-order valence-electron chi connectivity index (χ2n) is 9.57. The summed E-state index contributed by atoms with van der Waals surface area (Å²) < 4.78 is 17.1. The lowest BCUT2D eigenvalue weighted by Crippen LogP contribution is -2.53. The summed E-state index contributed by atoms with van der Waals surface area (Å²) in [4.78, 5) is 15.0. The van der Waals surface area contributed by atoms with Gasteiger partial charge in [0.05, 0.1) is 20.8 Å². The van der Waals surface area contributed by atoms with Crippen LogP contribution < -0.4 is 24.5 Å². The van der Waals surface area contributed by atoms with Crippen LogP contribution in [0.25, 0.3) is 6.08 Å². The second kappa shape index (κ2) is 14.5. The first kappa shape index (κ1) is 28.4. The van der Waals surface area contributed by atoms with Crippen molar-refractivity contribution >= 4 is 17.7 Å². The van der Waals surface area contributed by atoms with Crippen LogP contribution in [0.3, 0.4) is 0 Å². The Morgan fingerprint density at radius 3 is 2.22 bits per heavy atom. The van der Waals surface area contributed by atoms with Gasteiger partial charge in [0.15, 0.2) is 11.5 Å². The fourth-order valence-corrected chi connectivity index (χ4v) is 4.38. The van der Waals surface area contributed by atoms with Crippen LogP contribution in [0.4, 0.5) is 5.69 Å². The van der Waals surface area contributed by atoms with E-state index in [0.29, 0.717) is 23.9 Å². The lowest BCUT2D eigenvalue weighted by atomic mass is 10.1. The van der Waals surface area contributed by atoms with Gasteiger partial charge in [-0.05, 0) is 67.3 Å². The molecule has 2 aromatic carbocycles. The largest absolute Gasteiger partial charge is 0.493 e. The number of benzene rings is 2. The Bertz CT molecular complexity index is 1020. The number of rotatable bonds is 13. The molecule has 0 unspecified atom stereocenters. The Kier molecular flexibility index (Phi) is 11.1. The van der Waals surface area contributed by atoms with E-state index in [-0.39, 0.29) is 5.91 Å². The van der Waals surface area contributed by atoms with Gasteiger partial charge in [-0.15, -0.1) is 0 Å². The Hall–Kier alpha value is -3.19. The molecule has 0 radical (unpaired) electrons. The van der Waals surface area contributed by atoms with Crippen LogP contribution in [0.5, 0.6) is 17.2 Å². The van der Waals surface area contributed by atoms with Gasteiger partial charge in [0, 0.05) is 37.9 Å². The SMILES string of the molecule is CCCCCCCOc1c(OC)cc(/C=C/C(=O)NN2CCN(c3ccc(C)c(C)c3)CC2)cc1OC. The Balaban J connectivity index is 1.53. The van der Waals surface area contributed by atoms with E-state index in [9.17, 15) is 4.79 Å². The lowest BCUT2D eigenvalue weighted by Gasteiger charge is -2.36. The number of nitrogens with zero attached hydrogens (tertiary/aromatic N) is 2. The van der Waals surface area contributed by atoms with Crippen molar-refractivity contribution in [1.82, 2.24) is 10.4 Å². The Labute approximate surface area is 222 Å². The number of nitrogens with one attached hydrogen (secondary N) is 1. The molecule has 1 aliphatic heterocycles. The number of aryl methyl sites for hydroxylation is 2. The van der Waals surface area contributed by atoms with E-state index in [2.05, 4.69) is 49.3 Å². The molecule has 37 heavy (non-hydrogen) atoms. The third-order valence-corrected chi connectivity index (χ3v) is 6.81. The minimum atomic E-state index is -0.162. The van der Waals surface area contributed by atoms with Crippen LogP contribution in [-0.4, -0.2) is 57.9 Å². The van der Waals surface area contributed by atoms with Gasteiger partial charge < -0.3 is 19.1 Å². The monoisotopic (exact) mass is 509 g/mol. The number of anilines is 1. The molecule has 0 aromatic heterocycles. The lowest BCUT2D eigenvalue weighted by molar-refractivity contribution is -0.121. The zero-order chi connectivity index (χ0) is 26.6. The molecule has 1 amide bonds. The summed E-state index contributed by atoms with van der Waals surface area (Å²) in [5.41, 5.74) is 7.64. The number of hydrazine groups is 1. The summed E-state index contributed by atoms with van der Waals surface area (Å²) in [5.74, 6) is 1.62. The van der Waals surface area contributed by atoms with Gasteiger partial charge in [0.1, 0.15) is 0 Å². The van der Waals surface area contributed by atoms with E-state index in [1.165, 1.54) is 42.2 Å². The number of carbonyl (C=O) groups excluding carboxylic acids is 1. The molecular formula is C30H43N3O4. The molecule has 1 heterocycles. The van der Waals surface area contributed by atoms with Crippen LogP contribution in [0.1, 0.15) is 55.7 Å². The minimum absolute atomic E-state index is 0.162. The summed E-state index contributed by atoms with van der Waals surface area (Å²) in [6, 6.07) is 10.3. The topological polar surface area (TPSA) is 63.3 Å². The molecule has 1 fully saturated rings. The molecule has 2 aromatic rings. The van der Waals surface area contributed by atoms with Gasteiger partial charge in [0.2, 0.25) is 5.75 Å². The van der Waals surface area contributed by atoms with Crippen molar-refractivity contribution in [3.63, 3.8) is 0 Å². The summed E-state index contributed by atoms with van der Waals surface area (Å²) in [7, 11) is 3.22. The van der Waals surface area contributed by atoms with E-state index in [0.717, 1.165) is 44.6 Å². The molecule has 0 bridgehead atoms. The molecule has 0 spiro atoms. The van der Waals surface area contributed by atoms with E-state index in [4.69, 9.17) is 14.2 Å². The van der Waals surface area contributed by atoms with Gasteiger partial charge in [-0.1, -0.05) is 38.7 Å². The summed E-state index contributed by atoms with van der Waals surface area (Å²) >= 11 is 0. The quantitative estimate of drug-likeness (QED) is 0.283. The predicted molar refractivity (Wildman–Crippen MR) is 151 cm³/mol. The van der Waals surface area contributed by atoms with E-state index < -0.39 is 0 Å². The highest BCUT2D eigenvalue weighted by molar-refractivity contribution is 5.91. The Morgan fingerprint density at radius 1 is 0.919 bits per heavy atom. The molecule has 1 saturated heterocycles. The molecule has 7 nitrogen and oxygen atoms in total. The van der Waals surface area contributed by atoms with Gasteiger partial charge >= 0.3 is 0 Å². The van der Waals surface area contributed by atoms with Crippen LogP contribution in [0.15, 0.2) is 36.4 Å². The van der Waals surface area contributed by atoms with Crippen molar-refractivity contribution in [1.29, 1.82) is 0 Å². The Morgan fingerprint density at radius 2 is 1.59 bits per heavy atom. The van der Waals surface area contributed by atoms with Crippen molar-refractivity contribution in [2.75, 3.05) is 51.9 Å². The fourth-order valence-electron chi connectivity index (χ4n) is 4.38. The van der Waals surface area contributed by atoms with Crippen molar-refractivity contribution < 1.29 is 19.0 Å². The third kappa shape index (κ3) is 8.42. The van der Waals surface area contributed by atoms with Crippen molar-refractivity contribution in [3.8, 4) is 17.2 Å². The van der Waals surface area contributed by atoms with Crippen LogP contribution in [0, 0.1) is 13.8 Å². The van der Waals surface area contributed by atoms with E-state index in [1.807, 2.05) is 17.1 Å². The first-order valence-corrected chi connectivity index (χ1v) is 13.4. The van der Waals surface area contributed by atoms with Crippen LogP contribution in [0.2, 0.25) is 0 Å². The summed E-state index contributed by atoms with van der Waals surface area (Å²) in [5, 5.41) is 1.98. The average Bonchev–Trinajstić information content (AvgIpc) is 2.91. The molecular weight excluding hydrogens is 466 g/mol. The summed E-state index contributed by atoms with van der Waals surface area (Å²) in [6.45, 7) is 10.3. The second-order valence-corrected chi connectivity index (χ2v) is 9.57. The van der Waals surface area contributed by atoms with E-state index >= 15 is 0 Å². The molecule has 0 saturated carbocycles. The zero-order valence-electron chi connectivity index (χ0n) is 23.1. The van der Waals surface area contributed by atoms with Gasteiger partial charge in [-0.2, -0.15) is 0 Å². The molecule has 0 aliphatic carbocycles. The maximum atomic E-state index is 12.6.